The van der Waals surface area contributed by atoms with Crippen LogP contribution in [-0.4, -0.2) is 4.98 Å². The van der Waals surface area contributed by atoms with Crippen LogP contribution in [0.4, 0.5) is 18.9 Å². The molecule has 0 aliphatic heterocycles. The van der Waals surface area contributed by atoms with E-state index in [-0.39, 0.29) is 16.2 Å². The average Bonchev–Trinajstić information content (AvgIpc) is 2.20. The minimum atomic E-state index is -2.74. The van der Waals surface area contributed by atoms with Crippen LogP contribution >= 0.6 is 11.6 Å². The van der Waals surface area contributed by atoms with Gasteiger partial charge in [-0.2, -0.15) is 0 Å². The molecule has 0 unspecified atom stereocenters. The molecule has 0 saturated heterocycles. The number of aromatic nitrogens is 1. The lowest BCUT2D eigenvalue weighted by molar-refractivity contribution is 0.146. The number of benzene rings is 1. The second-order valence-electron chi connectivity index (χ2n) is 3.22. The van der Waals surface area contributed by atoms with Gasteiger partial charge in [0.05, 0.1) is 10.5 Å². The van der Waals surface area contributed by atoms with Gasteiger partial charge in [0.1, 0.15) is 11.5 Å². The van der Waals surface area contributed by atoms with Crippen molar-refractivity contribution < 1.29 is 13.2 Å². The number of rotatable bonds is 1. The Morgan fingerprint density at radius 3 is 2.56 bits per heavy atom. The second-order valence-corrected chi connectivity index (χ2v) is 3.63. The SMILES string of the molecule is Nc1cc(C(F)F)nc2cc(F)c(Cl)cc12. The van der Waals surface area contributed by atoms with E-state index >= 15 is 0 Å². The van der Waals surface area contributed by atoms with E-state index in [9.17, 15) is 13.2 Å². The third-order valence-electron chi connectivity index (χ3n) is 2.13. The van der Waals surface area contributed by atoms with E-state index in [1.807, 2.05) is 0 Å². The monoisotopic (exact) mass is 246 g/mol. The van der Waals surface area contributed by atoms with E-state index in [1.54, 1.807) is 0 Å². The van der Waals surface area contributed by atoms with Crippen molar-refractivity contribution >= 4 is 28.2 Å². The third-order valence-corrected chi connectivity index (χ3v) is 2.42. The number of nitrogens with two attached hydrogens (primary N) is 1. The average molecular weight is 247 g/mol. The molecular weight excluding hydrogens is 241 g/mol. The van der Waals surface area contributed by atoms with Gasteiger partial charge in [0.15, 0.2) is 0 Å². The highest BCUT2D eigenvalue weighted by atomic mass is 35.5. The number of hydrogen-bond acceptors (Lipinski definition) is 2. The Bertz CT molecular complexity index is 557. The Kier molecular flexibility index (Phi) is 2.63. The molecule has 1 heterocycles. The summed E-state index contributed by atoms with van der Waals surface area (Å²) in [6.07, 6.45) is -2.74. The fraction of sp³-hybridized carbons (Fsp3) is 0.100. The van der Waals surface area contributed by atoms with Crippen LogP contribution in [0.2, 0.25) is 5.02 Å². The summed E-state index contributed by atoms with van der Waals surface area (Å²) >= 11 is 5.56. The number of alkyl halides is 2. The van der Waals surface area contributed by atoms with E-state index in [1.165, 1.54) is 6.07 Å². The molecule has 0 aliphatic carbocycles. The molecule has 0 amide bonds. The lowest BCUT2D eigenvalue weighted by Crippen LogP contribution is -1.97. The van der Waals surface area contributed by atoms with Crippen molar-refractivity contribution in [3.63, 3.8) is 0 Å². The quantitative estimate of drug-likeness (QED) is 0.836. The first-order valence-electron chi connectivity index (χ1n) is 4.32. The summed E-state index contributed by atoms with van der Waals surface area (Å²) in [4.78, 5) is 3.61. The van der Waals surface area contributed by atoms with Crippen LogP contribution in [-0.2, 0) is 0 Å². The van der Waals surface area contributed by atoms with Crippen LogP contribution in [0, 0.1) is 5.82 Å². The summed E-state index contributed by atoms with van der Waals surface area (Å²) in [5.74, 6) is -0.715. The molecule has 2 N–H and O–H groups in total. The summed E-state index contributed by atoms with van der Waals surface area (Å²) in [5, 5.41) is 0.238. The molecule has 0 aliphatic rings. The maximum Gasteiger partial charge on any atom is 0.280 e. The van der Waals surface area contributed by atoms with Crippen molar-refractivity contribution in [1.82, 2.24) is 4.98 Å². The number of fused-ring (bicyclic) bond motifs is 1. The Hall–Kier alpha value is -1.49. The summed E-state index contributed by atoms with van der Waals surface area (Å²) in [7, 11) is 0. The first kappa shape index (κ1) is 11.0. The molecule has 0 fully saturated rings. The molecular formula is C10H6ClF3N2. The fourth-order valence-electron chi connectivity index (χ4n) is 1.38. The van der Waals surface area contributed by atoms with E-state index in [0.717, 1.165) is 12.1 Å². The normalized spacial score (nSPS) is 11.3. The molecule has 6 heteroatoms. The van der Waals surface area contributed by atoms with Crippen molar-refractivity contribution in [3.05, 3.63) is 34.7 Å². The van der Waals surface area contributed by atoms with Crippen molar-refractivity contribution in [3.8, 4) is 0 Å². The molecule has 1 aromatic heterocycles. The second kappa shape index (κ2) is 3.83. The molecule has 84 valence electrons. The highest BCUT2D eigenvalue weighted by Gasteiger charge is 2.13. The van der Waals surface area contributed by atoms with E-state index < -0.39 is 17.9 Å². The Balaban J connectivity index is 2.77. The zero-order valence-corrected chi connectivity index (χ0v) is 8.60. The molecule has 2 nitrogen and oxygen atoms in total. The van der Waals surface area contributed by atoms with Gasteiger partial charge in [0.25, 0.3) is 6.43 Å². The lowest BCUT2D eigenvalue weighted by atomic mass is 10.1. The van der Waals surface area contributed by atoms with Crippen molar-refractivity contribution in [1.29, 1.82) is 0 Å². The molecule has 1 aromatic carbocycles. The summed E-state index contributed by atoms with van der Waals surface area (Å²) in [6, 6.07) is 3.31. The molecule has 2 rings (SSSR count). The largest absolute Gasteiger partial charge is 0.398 e. The molecule has 0 spiro atoms. The van der Waals surface area contributed by atoms with Crippen LogP contribution in [0.1, 0.15) is 12.1 Å². The van der Waals surface area contributed by atoms with Gasteiger partial charge in [-0.15, -0.1) is 0 Å². The first-order valence-corrected chi connectivity index (χ1v) is 4.70. The third kappa shape index (κ3) is 1.78. The standard InChI is InChI=1S/C10H6ClF3N2/c11-5-1-4-7(15)3-9(10(13)14)16-8(4)2-6(5)12/h1-3,10H,(H2,15,16). The predicted molar refractivity (Wildman–Crippen MR) is 56.1 cm³/mol. The van der Waals surface area contributed by atoms with E-state index in [2.05, 4.69) is 4.98 Å². The molecule has 0 atom stereocenters. The maximum atomic E-state index is 13.1. The Labute approximate surface area is 93.8 Å². The van der Waals surface area contributed by atoms with Gasteiger partial charge in [-0.3, -0.25) is 0 Å². The van der Waals surface area contributed by atoms with Crippen molar-refractivity contribution in [2.45, 2.75) is 6.43 Å². The predicted octanol–water partition coefficient (Wildman–Crippen LogP) is 3.55. The summed E-state index contributed by atoms with van der Waals surface area (Å²) < 4.78 is 37.9. The smallest absolute Gasteiger partial charge is 0.280 e. The van der Waals surface area contributed by atoms with Crippen LogP contribution in [0.15, 0.2) is 18.2 Å². The van der Waals surface area contributed by atoms with E-state index in [4.69, 9.17) is 17.3 Å². The number of anilines is 1. The maximum absolute atomic E-state index is 13.1. The number of nitrogens with zero attached hydrogens (tertiary/aromatic N) is 1. The zero-order chi connectivity index (χ0) is 11.9. The Morgan fingerprint density at radius 2 is 1.94 bits per heavy atom. The molecule has 0 bridgehead atoms. The van der Waals surface area contributed by atoms with Gasteiger partial charge in [-0.05, 0) is 12.1 Å². The summed E-state index contributed by atoms with van der Waals surface area (Å²) in [5.41, 5.74) is 5.25. The Morgan fingerprint density at radius 1 is 1.25 bits per heavy atom. The molecule has 0 radical (unpaired) electrons. The number of halogens is 4. The number of pyridine rings is 1. The summed E-state index contributed by atoms with van der Waals surface area (Å²) in [6.45, 7) is 0. The van der Waals surface area contributed by atoms with E-state index in [0.29, 0.717) is 5.39 Å². The topological polar surface area (TPSA) is 38.9 Å². The van der Waals surface area contributed by atoms with Crippen LogP contribution < -0.4 is 5.73 Å². The molecule has 2 aromatic rings. The fourth-order valence-corrected chi connectivity index (χ4v) is 1.54. The minimum absolute atomic E-state index is 0.0669. The van der Waals surface area contributed by atoms with Crippen molar-refractivity contribution in [2.24, 2.45) is 0 Å². The van der Waals surface area contributed by atoms with Gasteiger partial charge in [-0.25, -0.2) is 18.2 Å². The van der Waals surface area contributed by atoms with Gasteiger partial charge < -0.3 is 5.73 Å². The first-order chi connectivity index (χ1) is 7.49. The molecule has 16 heavy (non-hydrogen) atoms. The van der Waals surface area contributed by atoms with Crippen molar-refractivity contribution in [2.75, 3.05) is 5.73 Å². The minimum Gasteiger partial charge on any atom is -0.398 e. The number of hydrogen-bond donors (Lipinski definition) is 1. The highest BCUT2D eigenvalue weighted by Crippen LogP contribution is 2.29. The van der Waals surface area contributed by atoms with Gasteiger partial charge in [-0.1, -0.05) is 11.6 Å². The van der Waals surface area contributed by atoms with Crippen LogP contribution in [0.5, 0.6) is 0 Å². The van der Waals surface area contributed by atoms with Crippen LogP contribution in [0.3, 0.4) is 0 Å². The van der Waals surface area contributed by atoms with Gasteiger partial charge in [0.2, 0.25) is 0 Å². The highest BCUT2D eigenvalue weighted by molar-refractivity contribution is 6.31. The number of nitrogen functional groups attached to an aromatic ring is 1. The zero-order valence-electron chi connectivity index (χ0n) is 7.85. The van der Waals surface area contributed by atoms with Gasteiger partial charge >= 0.3 is 0 Å². The lowest BCUT2D eigenvalue weighted by Gasteiger charge is -2.06. The van der Waals surface area contributed by atoms with Crippen LogP contribution in [0.25, 0.3) is 10.9 Å². The van der Waals surface area contributed by atoms with Gasteiger partial charge in [0, 0.05) is 17.1 Å². The molecule has 0 saturated carbocycles.